The summed E-state index contributed by atoms with van der Waals surface area (Å²) in [6.45, 7) is 10.4. The van der Waals surface area contributed by atoms with Gasteiger partial charge in [0.2, 0.25) is 5.91 Å². The molecule has 1 aromatic carbocycles. The molecular formula is C18H29N3O2. The highest BCUT2D eigenvalue weighted by Gasteiger charge is 2.12. The zero-order valence-corrected chi connectivity index (χ0v) is 14.3. The molecule has 0 saturated carbocycles. The van der Waals surface area contributed by atoms with Crippen LogP contribution in [-0.2, 0) is 16.1 Å². The Bertz CT molecular complexity index is 485. The van der Waals surface area contributed by atoms with Crippen molar-refractivity contribution >= 4 is 11.6 Å². The van der Waals surface area contributed by atoms with Gasteiger partial charge in [-0.15, -0.1) is 0 Å². The van der Waals surface area contributed by atoms with Gasteiger partial charge in [-0.3, -0.25) is 9.69 Å². The topological polar surface area (TPSA) is 53.6 Å². The van der Waals surface area contributed by atoms with E-state index in [2.05, 4.69) is 35.4 Å². The fraction of sp³-hybridized carbons (Fsp3) is 0.611. The normalized spacial score (nSPS) is 15.8. The highest BCUT2D eigenvalue weighted by atomic mass is 16.5. The van der Waals surface area contributed by atoms with E-state index in [0.717, 1.165) is 51.6 Å². The van der Waals surface area contributed by atoms with Gasteiger partial charge in [0.15, 0.2) is 0 Å². The number of amides is 1. The van der Waals surface area contributed by atoms with Crippen LogP contribution in [-0.4, -0.2) is 50.2 Å². The molecule has 5 heteroatoms. The van der Waals surface area contributed by atoms with Gasteiger partial charge in [0.05, 0.1) is 13.2 Å². The molecule has 0 aliphatic carbocycles. The number of rotatable bonds is 8. The van der Waals surface area contributed by atoms with E-state index in [-0.39, 0.29) is 5.91 Å². The summed E-state index contributed by atoms with van der Waals surface area (Å²) in [5, 5.41) is 6.42. The van der Waals surface area contributed by atoms with Gasteiger partial charge in [0.1, 0.15) is 0 Å². The third-order valence-corrected chi connectivity index (χ3v) is 3.85. The molecule has 2 N–H and O–H groups in total. The molecule has 0 spiro atoms. The summed E-state index contributed by atoms with van der Waals surface area (Å²) in [4.78, 5) is 14.4. The fourth-order valence-electron chi connectivity index (χ4n) is 2.57. The van der Waals surface area contributed by atoms with Crippen LogP contribution >= 0.6 is 0 Å². The van der Waals surface area contributed by atoms with E-state index in [9.17, 15) is 4.79 Å². The third kappa shape index (κ3) is 7.12. The molecule has 0 bridgehead atoms. The molecule has 1 aliphatic heterocycles. The van der Waals surface area contributed by atoms with Crippen molar-refractivity contribution in [1.29, 1.82) is 0 Å². The molecule has 1 fully saturated rings. The summed E-state index contributed by atoms with van der Waals surface area (Å²) < 4.78 is 5.31. The highest BCUT2D eigenvalue weighted by molar-refractivity contribution is 5.90. The van der Waals surface area contributed by atoms with Gasteiger partial charge in [-0.1, -0.05) is 26.0 Å². The van der Waals surface area contributed by atoms with E-state index in [0.29, 0.717) is 12.3 Å². The second-order valence-electron chi connectivity index (χ2n) is 6.48. The van der Waals surface area contributed by atoms with Gasteiger partial charge < -0.3 is 15.4 Å². The number of morpholine rings is 1. The Morgan fingerprint density at radius 2 is 2.09 bits per heavy atom. The molecule has 1 saturated heterocycles. The lowest BCUT2D eigenvalue weighted by Crippen LogP contribution is -2.38. The number of anilines is 1. The number of hydrogen-bond acceptors (Lipinski definition) is 4. The smallest absolute Gasteiger partial charge is 0.225 e. The Morgan fingerprint density at radius 3 is 2.83 bits per heavy atom. The van der Waals surface area contributed by atoms with Crippen molar-refractivity contribution in [3.63, 3.8) is 0 Å². The number of carbonyl (C=O) groups excluding carboxylic acids is 1. The molecule has 0 atom stereocenters. The van der Waals surface area contributed by atoms with Crippen LogP contribution < -0.4 is 10.6 Å². The first kappa shape index (κ1) is 17.9. The van der Waals surface area contributed by atoms with Crippen LogP contribution in [0.3, 0.4) is 0 Å². The number of nitrogens with zero attached hydrogens (tertiary/aromatic N) is 1. The van der Waals surface area contributed by atoms with E-state index < -0.39 is 0 Å². The van der Waals surface area contributed by atoms with Crippen LogP contribution in [0.15, 0.2) is 24.3 Å². The van der Waals surface area contributed by atoms with Gasteiger partial charge in [-0.2, -0.15) is 0 Å². The zero-order valence-electron chi connectivity index (χ0n) is 14.3. The van der Waals surface area contributed by atoms with E-state index in [1.807, 2.05) is 18.2 Å². The van der Waals surface area contributed by atoms with Gasteiger partial charge >= 0.3 is 0 Å². The number of nitrogens with one attached hydrogen (secondary N) is 2. The predicted molar refractivity (Wildman–Crippen MR) is 93.5 cm³/mol. The van der Waals surface area contributed by atoms with E-state index >= 15 is 0 Å². The Hall–Kier alpha value is -1.43. The molecule has 1 heterocycles. The molecule has 0 radical (unpaired) electrons. The summed E-state index contributed by atoms with van der Waals surface area (Å²) in [5.74, 6) is 0.710. The molecule has 5 nitrogen and oxygen atoms in total. The van der Waals surface area contributed by atoms with Gasteiger partial charge in [0, 0.05) is 38.3 Å². The fourth-order valence-corrected chi connectivity index (χ4v) is 2.57. The molecular weight excluding hydrogens is 290 g/mol. The molecule has 128 valence electrons. The second-order valence-corrected chi connectivity index (χ2v) is 6.48. The number of hydrogen-bond donors (Lipinski definition) is 2. The SMILES string of the molecule is CC(C)CNCc1cccc(NC(=O)CCN2CCOCC2)c1. The lowest BCUT2D eigenvalue weighted by molar-refractivity contribution is -0.116. The van der Waals surface area contributed by atoms with E-state index in [1.54, 1.807) is 0 Å². The first-order valence-corrected chi connectivity index (χ1v) is 8.53. The average molecular weight is 319 g/mol. The Balaban J connectivity index is 1.74. The van der Waals surface area contributed by atoms with Crippen LogP contribution in [0.4, 0.5) is 5.69 Å². The zero-order chi connectivity index (χ0) is 16.5. The second kappa shape index (κ2) is 9.65. The lowest BCUT2D eigenvalue weighted by Gasteiger charge is -2.26. The van der Waals surface area contributed by atoms with Crippen molar-refractivity contribution in [3.8, 4) is 0 Å². The van der Waals surface area contributed by atoms with Crippen LogP contribution in [0.2, 0.25) is 0 Å². The van der Waals surface area contributed by atoms with Crippen molar-refractivity contribution in [2.45, 2.75) is 26.8 Å². The highest BCUT2D eigenvalue weighted by Crippen LogP contribution is 2.11. The molecule has 2 rings (SSSR count). The van der Waals surface area contributed by atoms with Crippen LogP contribution in [0, 0.1) is 5.92 Å². The van der Waals surface area contributed by atoms with Crippen molar-refractivity contribution in [1.82, 2.24) is 10.2 Å². The summed E-state index contributed by atoms with van der Waals surface area (Å²) in [7, 11) is 0. The van der Waals surface area contributed by atoms with Crippen molar-refractivity contribution < 1.29 is 9.53 Å². The largest absolute Gasteiger partial charge is 0.379 e. The lowest BCUT2D eigenvalue weighted by atomic mass is 10.1. The molecule has 1 aliphatic rings. The maximum Gasteiger partial charge on any atom is 0.225 e. The maximum absolute atomic E-state index is 12.1. The predicted octanol–water partition coefficient (Wildman–Crippen LogP) is 2.09. The Kier molecular flexibility index (Phi) is 7.52. The van der Waals surface area contributed by atoms with Crippen LogP contribution in [0.5, 0.6) is 0 Å². The van der Waals surface area contributed by atoms with E-state index in [4.69, 9.17) is 4.74 Å². The van der Waals surface area contributed by atoms with Gasteiger partial charge in [-0.25, -0.2) is 0 Å². The van der Waals surface area contributed by atoms with Crippen LogP contribution in [0.1, 0.15) is 25.8 Å². The summed E-state index contributed by atoms with van der Waals surface area (Å²) in [6, 6.07) is 8.05. The molecule has 1 aromatic rings. The Morgan fingerprint density at radius 1 is 1.30 bits per heavy atom. The number of ether oxygens (including phenoxy) is 1. The van der Waals surface area contributed by atoms with E-state index in [1.165, 1.54) is 5.56 Å². The molecule has 0 unspecified atom stereocenters. The van der Waals surface area contributed by atoms with Crippen molar-refractivity contribution in [2.24, 2.45) is 5.92 Å². The first-order chi connectivity index (χ1) is 11.1. The third-order valence-electron chi connectivity index (χ3n) is 3.85. The molecule has 0 aromatic heterocycles. The van der Waals surface area contributed by atoms with Gasteiger partial charge in [-0.05, 0) is 30.2 Å². The first-order valence-electron chi connectivity index (χ1n) is 8.53. The van der Waals surface area contributed by atoms with Crippen LogP contribution in [0.25, 0.3) is 0 Å². The van der Waals surface area contributed by atoms with Crippen molar-refractivity contribution in [3.05, 3.63) is 29.8 Å². The standard InChI is InChI=1S/C18H29N3O2/c1-15(2)13-19-14-16-4-3-5-17(12-16)20-18(22)6-7-21-8-10-23-11-9-21/h3-5,12,15,19H,6-11,13-14H2,1-2H3,(H,20,22). The number of benzene rings is 1. The molecule has 1 amide bonds. The minimum absolute atomic E-state index is 0.0729. The van der Waals surface area contributed by atoms with Gasteiger partial charge in [0.25, 0.3) is 0 Å². The maximum atomic E-state index is 12.1. The minimum Gasteiger partial charge on any atom is -0.379 e. The Labute approximate surface area is 139 Å². The monoisotopic (exact) mass is 319 g/mol. The van der Waals surface area contributed by atoms with Crippen molar-refractivity contribution in [2.75, 3.05) is 44.7 Å². The summed E-state index contributed by atoms with van der Waals surface area (Å²) in [5.41, 5.74) is 2.07. The average Bonchev–Trinajstić information content (AvgIpc) is 2.54. The number of carbonyl (C=O) groups is 1. The molecule has 23 heavy (non-hydrogen) atoms. The minimum atomic E-state index is 0.0729. The summed E-state index contributed by atoms with van der Waals surface area (Å²) in [6.07, 6.45) is 0.524. The summed E-state index contributed by atoms with van der Waals surface area (Å²) >= 11 is 0. The quantitative estimate of drug-likeness (QED) is 0.770.